The number of aryl methyl sites for hydroxylation is 1. The monoisotopic (exact) mass is 424 g/mol. The molecule has 1 amide bonds. The van der Waals surface area contributed by atoms with E-state index in [9.17, 15) is 4.79 Å². The van der Waals surface area contributed by atoms with Gasteiger partial charge in [-0.25, -0.2) is 4.98 Å². The third-order valence-corrected chi connectivity index (χ3v) is 4.86. The molecule has 1 atom stereocenters. The predicted molar refractivity (Wildman–Crippen MR) is 101 cm³/mol. The number of hydrogen-bond acceptors (Lipinski definition) is 3. The van der Waals surface area contributed by atoms with Crippen molar-refractivity contribution in [2.45, 2.75) is 33.1 Å². The highest BCUT2D eigenvalue weighted by Crippen LogP contribution is 2.21. The van der Waals surface area contributed by atoms with Crippen molar-refractivity contribution in [2.75, 3.05) is 11.9 Å². The van der Waals surface area contributed by atoms with Gasteiger partial charge in [-0.3, -0.25) is 4.79 Å². The van der Waals surface area contributed by atoms with Gasteiger partial charge in [-0.1, -0.05) is 26.0 Å². The Morgan fingerprint density at radius 2 is 1.96 bits per heavy atom. The van der Waals surface area contributed by atoms with Gasteiger partial charge in [0.1, 0.15) is 11.6 Å². The van der Waals surface area contributed by atoms with E-state index in [1.165, 1.54) is 5.56 Å². The van der Waals surface area contributed by atoms with Gasteiger partial charge in [-0.15, -0.1) is 0 Å². The van der Waals surface area contributed by atoms with Crippen LogP contribution in [-0.2, 0) is 4.79 Å². The maximum absolute atomic E-state index is 11.9. The molecule has 5 heteroatoms. The molecule has 0 bridgehead atoms. The Labute approximate surface area is 150 Å². The molecule has 122 valence electrons. The fraction of sp³-hybridized carbons (Fsp3) is 0.333. The molecule has 23 heavy (non-hydrogen) atoms. The molecular weight excluding hydrogens is 403 g/mol. The highest BCUT2D eigenvalue weighted by molar-refractivity contribution is 14.1. The molecule has 2 rings (SSSR count). The van der Waals surface area contributed by atoms with E-state index in [0.717, 1.165) is 15.7 Å². The summed E-state index contributed by atoms with van der Waals surface area (Å²) in [5.41, 5.74) is 2.17. The maximum atomic E-state index is 11.9. The van der Waals surface area contributed by atoms with Crippen LogP contribution < -0.4 is 10.1 Å². The fourth-order valence-electron chi connectivity index (χ4n) is 2.07. The number of benzene rings is 1. The number of pyridine rings is 1. The van der Waals surface area contributed by atoms with Gasteiger partial charge in [0.05, 0.1) is 5.69 Å². The van der Waals surface area contributed by atoms with Gasteiger partial charge in [0.15, 0.2) is 6.61 Å². The zero-order valence-electron chi connectivity index (χ0n) is 13.6. The normalized spacial score (nSPS) is 11.8. The fourth-order valence-corrected chi connectivity index (χ4v) is 2.37. The van der Waals surface area contributed by atoms with Crippen LogP contribution in [0, 0.1) is 10.5 Å². The summed E-state index contributed by atoms with van der Waals surface area (Å²) in [4.78, 5) is 16.2. The summed E-state index contributed by atoms with van der Waals surface area (Å²) in [7, 11) is 0. The van der Waals surface area contributed by atoms with E-state index in [1.807, 2.05) is 37.3 Å². The number of carbonyl (C=O) groups excluding carboxylic acids is 1. The zero-order valence-corrected chi connectivity index (χ0v) is 15.8. The molecule has 0 saturated heterocycles. The second-order valence-corrected chi connectivity index (χ2v) is 6.64. The SMILES string of the molecule is CC[C@@H](C)c1ccc(OCC(=O)Nc2ccc(I)c(C)n2)cc1. The van der Waals surface area contributed by atoms with E-state index in [4.69, 9.17) is 4.74 Å². The summed E-state index contributed by atoms with van der Waals surface area (Å²) in [5, 5.41) is 2.74. The Morgan fingerprint density at radius 3 is 2.57 bits per heavy atom. The first-order valence-corrected chi connectivity index (χ1v) is 8.73. The number of carbonyl (C=O) groups is 1. The van der Waals surface area contributed by atoms with Crippen LogP contribution in [0.2, 0.25) is 0 Å². The number of rotatable bonds is 6. The van der Waals surface area contributed by atoms with Crippen LogP contribution in [0.1, 0.15) is 37.4 Å². The molecule has 0 aliphatic heterocycles. The number of aromatic nitrogens is 1. The number of ether oxygens (including phenoxy) is 1. The smallest absolute Gasteiger partial charge is 0.263 e. The average molecular weight is 424 g/mol. The molecule has 0 radical (unpaired) electrons. The first-order valence-electron chi connectivity index (χ1n) is 7.65. The van der Waals surface area contributed by atoms with E-state index in [2.05, 4.69) is 46.7 Å². The minimum absolute atomic E-state index is 0.0323. The number of anilines is 1. The molecule has 1 aromatic carbocycles. The van der Waals surface area contributed by atoms with Gasteiger partial charge in [-0.05, 0) is 71.7 Å². The Bertz CT molecular complexity index is 671. The average Bonchev–Trinajstić information content (AvgIpc) is 2.56. The maximum Gasteiger partial charge on any atom is 0.263 e. The van der Waals surface area contributed by atoms with Gasteiger partial charge in [0, 0.05) is 3.57 Å². The molecule has 0 saturated carbocycles. The third-order valence-electron chi connectivity index (χ3n) is 3.72. The van der Waals surface area contributed by atoms with Crippen molar-refractivity contribution in [1.29, 1.82) is 0 Å². The molecule has 0 fully saturated rings. The van der Waals surface area contributed by atoms with Gasteiger partial charge in [0.2, 0.25) is 0 Å². The Hall–Kier alpha value is -1.63. The Kier molecular flexibility index (Phi) is 6.38. The van der Waals surface area contributed by atoms with Crippen LogP contribution >= 0.6 is 22.6 Å². The van der Waals surface area contributed by atoms with Crippen molar-refractivity contribution in [1.82, 2.24) is 4.98 Å². The number of nitrogens with one attached hydrogen (secondary N) is 1. The lowest BCUT2D eigenvalue weighted by Crippen LogP contribution is -2.21. The zero-order chi connectivity index (χ0) is 16.8. The largest absolute Gasteiger partial charge is 0.484 e. The Balaban J connectivity index is 1.87. The number of hydrogen-bond donors (Lipinski definition) is 1. The van der Waals surface area contributed by atoms with Crippen LogP contribution in [0.25, 0.3) is 0 Å². The van der Waals surface area contributed by atoms with E-state index in [-0.39, 0.29) is 12.5 Å². The molecule has 1 N–H and O–H groups in total. The molecule has 1 aromatic heterocycles. The summed E-state index contributed by atoms with van der Waals surface area (Å²) in [6.45, 7) is 6.24. The third kappa shape index (κ3) is 5.20. The van der Waals surface area contributed by atoms with E-state index < -0.39 is 0 Å². The molecule has 0 unspecified atom stereocenters. The van der Waals surface area contributed by atoms with E-state index >= 15 is 0 Å². The molecule has 4 nitrogen and oxygen atoms in total. The lowest BCUT2D eigenvalue weighted by atomic mass is 9.99. The first-order chi connectivity index (χ1) is 11.0. The van der Waals surface area contributed by atoms with Gasteiger partial charge >= 0.3 is 0 Å². The molecule has 2 aromatic rings. The lowest BCUT2D eigenvalue weighted by molar-refractivity contribution is -0.118. The number of halogens is 1. The number of nitrogens with zero attached hydrogens (tertiary/aromatic N) is 1. The van der Waals surface area contributed by atoms with Gasteiger partial charge < -0.3 is 10.1 Å². The summed E-state index contributed by atoms with van der Waals surface area (Å²) >= 11 is 2.21. The van der Waals surface area contributed by atoms with Crippen molar-refractivity contribution >= 4 is 34.3 Å². The predicted octanol–water partition coefficient (Wildman–Crippen LogP) is 4.53. The van der Waals surface area contributed by atoms with Crippen LogP contribution in [-0.4, -0.2) is 17.5 Å². The lowest BCUT2D eigenvalue weighted by Gasteiger charge is -2.11. The standard InChI is InChI=1S/C18H21IN2O2/c1-4-12(2)14-5-7-15(8-6-14)23-11-18(22)21-17-10-9-16(19)13(3)20-17/h5-10,12H,4,11H2,1-3H3,(H,20,21,22)/t12-/m1/s1. The van der Waals surface area contributed by atoms with Crippen LogP contribution in [0.5, 0.6) is 5.75 Å². The van der Waals surface area contributed by atoms with Crippen LogP contribution in [0.3, 0.4) is 0 Å². The molecule has 1 heterocycles. The Morgan fingerprint density at radius 1 is 1.26 bits per heavy atom. The van der Waals surface area contributed by atoms with Crippen molar-refractivity contribution in [3.05, 3.63) is 51.2 Å². The van der Waals surface area contributed by atoms with Crippen molar-refractivity contribution in [2.24, 2.45) is 0 Å². The summed E-state index contributed by atoms with van der Waals surface area (Å²) in [6, 6.07) is 11.6. The second-order valence-electron chi connectivity index (χ2n) is 5.48. The highest BCUT2D eigenvalue weighted by Gasteiger charge is 2.07. The topological polar surface area (TPSA) is 51.2 Å². The second kappa shape index (κ2) is 8.29. The summed E-state index contributed by atoms with van der Waals surface area (Å²) < 4.78 is 6.59. The van der Waals surface area contributed by atoms with E-state index in [1.54, 1.807) is 6.07 Å². The first kappa shape index (κ1) is 17.7. The molecular formula is C18H21IN2O2. The van der Waals surface area contributed by atoms with Gasteiger partial charge in [0.25, 0.3) is 5.91 Å². The summed E-state index contributed by atoms with van der Waals surface area (Å²) in [5.74, 6) is 1.55. The summed E-state index contributed by atoms with van der Waals surface area (Å²) in [6.07, 6.45) is 1.10. The molecule has 0 aliphatic carbocycles. The van der Waals surface area contributed by atoms with Crippen molar-refractivity contribution in [3.63, 3.8) is 0 Å². The molecule has 0 aliphatic rings. The van der Waals surface area contributed by atoms with Crippen molar-refractivity contribution < 1.29 is 9.53 Å². The highest BCUT2D eigenvalue weighted by atomic mass is 127. The van der Waals surface area contributed by atoms with Gasteiger partial charge in [-0.2, -0.15) is 0 Å². The minimum atomic E-state index is -0.218. The van der Waals surface area contributed by atoms with E-state index in [0.29, 0.717) is 17.5 Å². The van der Waals surface area contributed by atoms with Crippen molar-refractivity contribution in [3.8, 4) is 5.75 Å². The quantitative estimate of drug-likeness (QED) is 0.694. The molecule has 0 spiro atoms. The number of amides is 1. The van der Waals surface area contributed by atoms with Crippen LogP contribution in [0.4, 0.5) is 5.82 Å². The minimum Gasteiger partial charge on any atom is -0.484 e. The van der Waals surface area contributed by atoms with Crippen LogP contribution in [0.15, 0.2) is 36.4 Å².